The highest BCUT2D eigenvalue weighted by Crippen LogP contribution is 2.06. The molecule has 0 aliphatic rings. The fourth-order valence-electron chi connectivity index (χ4n) is 2.67. The Morgan fingerprint density at radius 2 is 2.19 bits per heavy atom. The Hall–Kier alpha value is -2.44. The van der Waals surface area contributed by atoms with Crippen molar-refractivity contribution in [3.05, 3.63) is 47.8 Å². The van der Waals surface area contributed by atoms with Crippen molar-refractivity contribution in [2.24, 2.45) is 4.99 Å². The van der Waals surface area contributed by atoms with Crippen LogP contribution in [0.15, 0.2) is 35.6 Å². The molecule has 0 radical (unpaired) electrons. The molecule has 0 saturated heterocycles. The number of nitrogens with zero attached hydrogens (tertiary/aromatic N) is 5. The highest BCUT2D eigenvalue weighted by Gasteiger charge is 2.08. The van der Waals surface area contributed by atoms with Gasteiger partial charge in [0.15, 0.2) is 5.96 Å². The Labute approximate surface area is 155 Å². The second-order valence-electron chi connectivity index (χ2n) is 6.27. The zero-order valence-corrected chi connectivity index (χ0v) is 16.0. The van der Waals surface area contributed by atoms with Gasteiger partial charge in [-0.2, -0.15) is 0 Å². The van der Waals surface area contributed by atoms with Crippen molar-refractivity contribution in [2.45, 2.75) is 46.2 Å². The van der Waals surface area contributed by atoms with E-state index in [1.54, 1.807) is 18.5 Å². The number of hydrogen-bond acceptors (Lipinski definition) is 3. The standard InChI is InChI=1S/C19H29FN6/c1-4-6-10-21-19(22-11-12-26-15-23-24-18(26)5-2)25(3)14-16-8-7-9-17(20)13-16/h7-9,13,15H,4-6,10-12,14H2,1-3H3,(H,21,22). The third kappa shape index (κ3) is 6.13. The number of nitrogens with one attached hydrogen (secondary N) is 1. The van der Waals surface area contributed by atoms with Gasteiger partial charge in [-0.15, -0.1) is 10.2 Å². The van der Waals surface area contributed by atoms with E-state index in [9.17, 15) is 4.39 Å². The summed E-state index contributed by atoms with van der Waals surface area (Å²) in [5.74, 6) is 1.59. The number of aryl methyl sites for hydroxylation is 1. The summed E-state index contributed by atoms with van der Waals surface area (Å²) in [6.45, 7) is 7.09. The van der Waals surface area contributed by atoms with Crippen LogP contribution in [0.4, 0.5) is 4.39 Å². The van der Waals surface area contributed by atoms with Gasteiger partial charge in [0.05, 0.1) is 0 Å². The fraction of sp³-hybridized carbons (Fsp3) is 0.526. The minimum absolute atomic E-state index is 0.215. The Morgan fingerprint density at radius 3 is 2.92 bits per heavy atom. The van der Waals surface area contributed by atoms with E-state index in [1.807, 2.05) is 22.6 Å². The summed E-state index contributed by atoms with van der Waals surface area (Å²) >= 11 is 0. The van der Waals surface area contributed by atoms with Crippen molar-refractivity contribution in [1.82, 2.24) is 25.0 Å². The lowest BCUT2D eigenvalue weighted by molar-refractivity contribution is 0.468. The zero-order chi connectivity index (χ0) is 18.8. The summed E-state index contributed by atoms with van der Waals surface area (Å²) in [4.78, 5) is 6.72. The Morgan fingerprint density at radius 1 is 1.35 bits per heavy atom. The van der Waals surface area contributed by atoms with Crippen LogP contribution < -0.4 is 5.32 Å². The van der Waals surface area contributed by atoms with Gasteiger partial charge in [0.1, 0.15) is 18.0 Å². The number of hydrogen-bond donors (Lipinski definition) is 1. The van der Waals surface area contributed by atoms with Crippen LogP contribution in [0.5, 0.6) is 0 Å². The van der Waals surface area contributed by atoms with Crippen LogP contribution in [0.1, 0.15) is 38.1 Å². The predicted molar refractivity (Wildman–Crippen MR) is 102 cm³/mol. The predicted octanol–water partition coefficient (Wildman–Crippen LogP) is 2.86. The van der Waals surface area contributed by atoms with Crippen LogP contribution in [0.3, 0.4) is 0 Å². The highest BCUT2D eigenvalue weighted by atomic mass is 19.1. The molecule has 2 aromatic rings. The van der Waals surface area contributed by atoms with Crippen molar-refractivity contribution in [3.63, 3.8) is 0 Å². The van der Waals surface area contributed by atoms with Gasteiger partial charge in [0, 0.05) is 39.6 Å². The van der Waals surface area contributed by atoms with E-state index in [0.29, 0.717) is 6.54 Å². The van der Waals surface area contributed by atoms with Crippen molar-refractivity contribution in [2.75, 3.05) is 20.1 Å². The van der Waals surface area contributed by atoms with Crippen molar-refractivity contribution < 1.29 is 4.39 Å². The lowest BCUT2D eigenvalue weighted by atomic mass is 10.2. The van der Waals surface area contributed by atoms with Gasteiger partial charge >= 0.3 is 0 Å². The smallest absolute Gasteiger partial charge is 0.194 e. The zero-order valence-electron chi connectivity index (χ0n) is 16.0. The molecule has 0 atom stereocenters. The molecule has 0 amide bonds. The molecule has 7 heteroatoms. The molecule has 0 saturated carbocycles. The first-order chi connectivity index (χ1) is 12.6. The number of rotatable bonds is 9. The molecular weight excluding hydrogens is 331 g/mol. The van der Waals surface area contributed by atoms with Crippen LogP contribution in [0, 0.1) is 5.82 Å². The molecule has 1 N–H and O–H groups in total. The SMILES string of the molecule is CCCCN=C(NCCn1cnnc1CC)N(C)Cc1cccc(F)c1. The molecule has 0 spiro atoms. The molecule has 1 aromatic heterocycles. The maximum absolute atomic E-state index is 13.4. The maximum Gasteiger partial charge on any atom is 0.194 e. The van der Waals surface area contributed by atoms with Crippen molar-refractivity contribution in [3.8, 4) is 0 Å². The van der Waals surface area contributed by atoms with E-state index in [1.165, 1.54) is 6.07 Å². The summed E-state index contributed by atoms with van der Waals surface area (Å²) in [6.07, 6.45) is 4.76. The minimum Gasteiger partial charge on any atom is -0.354 e. The number of aromatic nitrogens is 3. The third-order valence-corrected chi connectivity index (χ3v) is 4.09. The molecular formula is C19H29FN6. The van der Waals surface area contributed by atoms with Gasteiger partial charge in [0.25, 0.3) is 0 Å². The highest BCUT2D eigenvalue weighted by molar-refractivity contribution is 5.79. The minimum atomic E-state index is -0.215. The summed E-state index contributed by atoms with van der Waals surface area (Å²) < 4.78 is 15.5. The Balaban J connectivity index is 1.96. The van der Waals surface area contributed by atoms with Gasteiger partial charge in [-0.3, -0.25) is 4.99 Å². The molecule has 6 nitrogen and oxygen atoms in total. The fourth-order valence-corrected chi connectivity index (χ4v) is 2.67. The molecule has 0 aliphatic heterocycles. The Bertz CT molecular complexity index is 697. The second kappa shape index (κ2) is 10.5. The van der Waals surface area contributed by atoms with E-state index in [0.717, 1.165) is 56.2 Å². The van der Waals surface area contributed by atoms with Crippen LogP contribution in [-0.4, -0.2) is 45.8 Å². The van der Waals surface area contributed by atoms with E-state index in [-0.39, 0.29) is 5.82 Å². The first-order valence-electron chi connectivity index (χ1n) is 9.24. The first kappa shape index (κ1) is 19.9. The van der Waals surface area contributed by atoms with Crippen LogP contribution in [0.2, 0.25) is 0 Å². The molecule has 0 unspecified atom stereocenters. The summed E-state index contributed by atoms with van der Waals surface area (Å²) in [6, 6.07) is 6.68. The quantitative estimate of drug-likeness (QED) is 0.424. The average molecular weight is 360 g/mol. The summed E-state index contributed by atoms with van der Waals surface area (Å²) in [5, 5.41) is 11.5. The summed E-state index contributed by atoms with van der Waals surface area (Å²) in [5.41, 5.74) is 0.921. The molecule has 2 rings (SSSR count). The largest absolute Gasteiger partial charge is 0.354 e. The van der Waals surface area contributed by atoms with Crippen LogP contribution >= 0.6 is 0 Å². The molecule has 142 valence electrons. The van der Waals surface area contributed by atoms with Gasteiger partial charge in [-0.1, -0.05) is 32.4 Å². The van der Waals surface area contributed by atoms with Gasteiger partial charge in [-0.05, 0) is 24.1 Å². The lowest BCUT2D eigenvalue weighted by Gasteiger charge is -2.23. The molecule has 26 heavy (non-hydrogen) atoms. The number of halogens is 1. The topological polar surface area (TPSA) is 58.3 Å². The number of guanidine groups is 1. The Kier molecular flexibility index (Phi) is 8.05. The average Bonchev–Trinajstić information content (AvgIpc) is 3.08. The molecule has 1 aromatic carbocycles. The van der Waals surface area contributed by atoms with E-state index < -0.39 is 0 Å². The van der Waals surface area contributed by atoms with E-state index in [4.69, 9.17) is 4.99 Å². The van der Waals surface area contributed by atoms with Crippen molar-refractivity contribution in [1.29, 1.82) is 0 Å². The van der Waals surface area contributed by atoms with Gasteiger partial charge < -0.3 is 14.8 Å². The molecule has 1 heterocycles. The monoisotopic (exact) mass is 360 g/mol. The third-order valence-electron chi connectivity index (χ3n) is 4.09. The number of unbranched alkanes of at least 4 members (excludes halogenated alkanes) is 1. The molecule has 0 aliphatic carbocycles. The molecule has 0 bridgehead atoms. The lowest BCUT2D eigenvalue weighted by Crippen LogP contribution is -2.40. The second-order valence-corrected chi connectivity index (χ2v) is 6.27. The maximum atomic E-state index is 13.4. The van der Waals surface area contributed by atoms with Gasteiger partial charge in [-0.25, -0.2) is 4.39 Å². The van der Waals surface area contributed by atoms with Gasteiger partial charge in [0.2, 0.25) is 0 Å². The summed E-state index contributed by atoms with van der Waals surface area (Å²) in [7, 11) is 1.97. The number of aliphatic imine (C=N–C) groups is 1. The molecule has 0 fully saturated rings. The van der Waals surface area contributed by atoms with Crippen LogP contribution in [0.25, 0.3) is 0 Å². The van der Waals surface area contributed by atoms with Crippen molar-refractivity contribution >= 4 is 5.96 Å². The first-order valence-corrected chi connectivity index (χ1v) is 9.24. The number of benzene rings is 1. The van der Waals surface area contributed by atoms with Crippen LogP contribution in [-0.2, 0) is 19.5 Å². The van der Waals surface area contributed by atoms with E-state index >= 15 is 0 Å². The normalized spacial score (nSPS) is 11.6. The van der Waals surface area contributed by atoms with E-state index in [2.05, 4.69) is 29.4 Å².